The van der Waals surface area contributed by atoms with Crippen LogP contribution in [0.5, 0.6) is 0 Å². The van der Waals surface area contributed by atoms with Gasteiger partial charge >= 0.3 is 5.97 Å². The van der Waals surface area contributed by atoms with Crippen molar-refractivity contribution in [2.75, 3.05) is 18.1 Å². The summed E-state index contributed by atoms with van der Waals surface area (Å²) in [6.45, 7) is 4.61. The number of benzene rings is 1. The fourth-order valence-electron chi connectivity index (χ4n) is 4.13. The van der Waals surface area contributed by atoms with Crippen molar-refractivity contribution in [2.45, 2.75) is 39.2 Å². The Bertz CT molecular complexity index is 1050. The number of fused-ring (bicyclic) bond motifs is 3. The predicted octanol–water partition coefficient (Wildman–Crippen LogP) is 3.74. The van der Waals surface area contributed by atoms with E-state index in [1.807, 2.05) is 41.0 Å². The third kappa shape index (κ3) is 3.44. The van der Waals surface area contributed by atoms with E-state index in [9.17, 15) is 9.59 Å². The van der Waals surface area contributed by atoms with Crippen molar-refractivity contribution in [1.29, 1.82) is 0 Å². The Kier molecular flexibility index (Phi) is 5.79. The molecule has 0 saturated carbocycles. The molecule has 30 heavy (non-hydrogen) atoms. The molecule has 1 aromatic carbocycles. The first kappa shape index (κ1) is 20.1. The molecule has 0 fully saturated rings. The molecule has 0 spiro atoms. The van der Waals surface area contributed by atoms with Gasteiger partial charge in [-0.05, 0) is 37.1 Å². The van der Waals surface area contributed by atoms with Crippen LogP contribution < -0.4 is 4.90 Å². The van der Waals surface area contributed by atoms with Crippen LogP contribution in [-0.4, -0.2) is 39.6 Å². The number of rotatable bonds is 7. The highest BCUT2D eigenvalue weighted by atomic mass is 16.5. The van der Waals surface area contributed by atoms with Crippen molar-refractivity contribution < 1.29 is 14.3 Å². The molecule has 2 atom stereocenters. The molecule has 4 rings (SSSR count). The Hall–Kier alpha value is -3.22. The second kappa shape index (κ2) is 8.65. The van der Waals surface area contributed by atoms with Crippen molar-refractivity contribution in [2.24, 2.45) is 5.92 Å². The van der Waals surface area contributed by atoms with Gasteiger partial charge in [-0.2, -0.15) is 0 Å². The molecular formula is C23H26N4O3. The largest absolute Gasteiger partial charge is 0.465 e. The third-order valence-corrected chi connectivity index (χ3v) is 5.50. The molecule has 2 aromatic heterocycles. The molecule has 156 valence electrons. The number of amides is 1. The Morgan fingerprint density at radius 2 is 1.97 bits per heavy atom. The van der Waals surface area contributed by atoms with E-state index in [-0.39, 0.29) is 12.5 Å². The molecule has 0 bridgehead atoms. The third-order valence-electron chi connectivity index (χ3n) is 5.50. The second-order valence-corrected chi connectivity index (χ2v) is 7.43. The van der Waals surface area contributed by atoms with Gasteiger partial charge in [0.25, 0.3) is 0 Å². The molecule has 7 heteroatoms. The molecule has 1 amide bonds. The van der Waals surface area contributed by atoms with Gasteiger partial charge in [0.15, 0.2) is 5.92 Å². The zero-order valence-corrected chi connectivity index (χ0v) is 17.3. The zero-order valence-electron chi connectivity index (χ0n) is 17.3. The lowest BCUT2D eigenvalue weighted by molar-refractivity contribution is -0.153. The number of carbonyl (C=O) groups excluding carboxylic acids is 2. The highest BCUT2D eigenvalue weighted by Gasteiger charge is 2.47. The number of aromatic nitrogens is 3. The predicted molar refractivity (Wildman–Crippen MR) is 114 cm³/mol. The summed E-state index contributed by atoms with van der Waals surface area (Å²) in [7, 11) is 0. The smallest absolute Gasteiger partial charge is 0.321 e. The summed E-state index contributed by atoms with van der Waals surface area (Å²) < 4.78 is 7.34. The number of esters is 1. The van der Waals surface area contributed by atoms with Gasteiger partial charge in [0.05, 0.1) is 23.7 Å². The maximum atomic E-state index is 13.6. The van der Waals surface area contributed by atoms with Gasteiger partial charge in [0.1, 0.15) is 0 Å². The standard InChI is InChI=1S/C23H26N4O3/c1-3-5-8-14-26-21(28)19(22(29)30-4-2)20(16-10-9-13-24-15-16)27-18-12-7-6-11-17(18)25-23(26)27/h6-7,9-13,15,19-20H,3-5,8,14H2,1-2H3. The first-order chi connectivity index (χ1) is 14.7. The maximum Gasteiger partial charge on any atom is 0.321 e. The lowest BCUT2D eigenvalue weighted by atomic mass is 9.90. The van der Waals surface area contributed by atoms with Gasteiger partial charge in [-0.3, -0.25) is 19.5 Å². The van der Waals surface area contributed by atoms with Crippen molar-refractivity contribution >= 4 is 28.9 Å². The van der Waals surface area contributed by atoms with Gasteiger partial charge in [-0.25, -0.2) is 4.98 Å². The molecule has 2 unspecified atom stereocenters. The van der Waals surface area contributed by atoms with E-state index in [1.165, 1.54) is 0 Å². The molecule has 0 N–H and O–H groups in total. The van der Waals surface area contributed by atoms with Crippen molar-refractivity contribution in [3.63, 3.8) is 0 Å². The van der Waals surface area contributed by atoms with E-state index in [0.29, 0.717) is 12.5 Å². The van der Waals surface area contributed by atoms with Crippen LogP contribution in [0.1, 0.15) is 44.7 Å². The molecule has 1 aliphatic heterocycles. The summed E-state index contributed by atoms with van der Waals surface area (Å²) in [5.74, 6) is -1.19. The van der Waals surface area contributed by atoms with Crippen LogP contribution in [0.15, 0.2) is 48.8 Å². The molecule has 0 aliphatic carbocycles. The number of carbonyl (C=O) groups is 2. The average molecular weight is 406 g/mol. The fraction of sp³-hybridized carbons (Fsp3) is 0.391. The molecule has 3 heterocycles. The van der Waals surface area contributed by atoms with Crippen LogP contribution in [0.4, 0.5) is 5.95 Å². The number of hydrogen-bond acceptors (Lipinski definition) is 5. The number of unbranched alkanes of at least 4 members (excludes halogenated alkanes) is 2. The number of pyridine rings is 1. The lowest BCUT2D eigenvalue weighted by Crippen LogP contribution is -2.50. The van der Waals surface area contributed by atoms with Gasteiger partial charge in [0.2, 0.25) is 11.9 Å². The minimum Gasteiger partial charge on any atom is -0.465 e. The van der Waals surface area contributed by atoms with Crippen molar-refractivity contribution in [3.8, 4) is 0 Å². The highest BCUT2D eigenvalue weighted by molar-refractivity contribution is 6.08. The number of nitrogens with zero attached hydrogens (tertiary/aromatic N) is 4. The Labute approximate surface area is 175 Å². The molecule has 0 saturated heterocycles. The van der Waals surface area contributed by atoms with Crippen LogP contribution in [0, 0.1) is 5.92 Å². The Balaban J connectivity index is 1.93. The van der Waals surface area contributed by atoms with Crippen molar-refractivity contribution in [1.82, 2.24) is 14.5 Å². The minimum atomic E-state index is -0.985. The average Bonchev–Trinajstić information content (AvgIpc) is 3.14. The highest BCUT2D eigenvalue weighted by Crippen LogP contribution is 2.41. The molecular weight excluding hydrogens is 380 g/mol. The topological polar surface area (TPSA) is 77.3 Å². The number of para-hydroxylation sites is 2. The van der Waals surface area contributed by atoms with Gasteiger partial charge in [-0.15, -0.1) is 0 Å². The Morgan fingerprint density at radius 3 is 2.70 bits per heavy atom. The van der Waals surface area contributed by atoms with Crippen molar-refractivity contribution in [3.05, 3.63) is 54.4 Å². The molecule has 3 aromatic rings. The first-order valence-corrected chi connectivity index (χ1v) is 10.5. The summed E-state index contributed by atoms with van der Waals surface area (Å²) in [6.07, 6.45) is 6.27. The molecule has 0 radical (unpaired) electrons. The number of hydrogen-bond donors (Lipinski definition) is 0. The van der Waals surface area contributed by atoms with E-state index in [0.717, 1.165) is 35.9 Å². The van der Waals surface area contributed by atoms with Crippen LogP contribution in [-0.2, 0) is 14.3 Å². The van der Waals surface area contributed by atoms with Crippen LogP contribution in [0.2, 0.25) is 0 Å². The van der Waals surface area contributed by atoms with E-state index in [1.54, 1.807) is 24.2 Å². The second-order valence-electron chi connectivity index (χ2n) is 7.43. The summed E-state index contributed by atoms with van der Waals surface area (Å²) in [4.78, 5) is 37.3. The maximum absolute atomic E-state index is 13.6. The monoisotopic (exact) mass is 406 g/mol. The normalized spacial score (nSPS) is 18.5. The SMILES string of the molecule is CCCCCN1C(=O)C(C(=O)OCC)C(c2cccnc2)n2c1nc1ccccc12. The summed E-state index contributed by atoms with van der Waals surface area (Å²) in [5, 5.41) is 0. The fourth-order valence-corrected chi connectivity index (χ4v) is 4.13. The quantitative estimate of drug-likeness (QED) is 0.339. The van der Waals surface area contributed by atoms with E-state index < -0.39 is 17.9 Å². The van der Waals surface area contributed by atoms with E-state index >= 15 is 0 Å². The summed E-state index contributed by atoms with van der Waals surface area (Å²) >= 11 is 0. The lowest BCUT2D eigenvalue weighted by Gasteiger charge is -2.37. The van der Waals surface area contributed by atoms with Crippen LogP contribution >= 0.6 is 0 Å². The number of ether oxygens (including phenoxy) is 1. The summed E-state index contributed by atoms with van der Waals surface area (Å²) in [5.41, 5.74) is 2.45. The number of imidazole rings is 1. The number of anilines is 1. The first-order valence-electron chi connectivity index (χ1n) is 10.5. The molecule has 7 nitrogen and oxygen atoms in total. The van der Waals surface area contributed by atoms with E-state index in [4.69, 9.17) is 9.72 Å². The molecule has 1 aliphatic rings. The zero-order chi connectivity index (χ0) is 21.1. The van der Waals surface area contributed by atoms with Gasteiger partial charge in [0, 0.05) is 18.9 Å². The van der Waals surface area contributed by atoms with Crippen LogP contribution in [0.3, 0.4) is 0 Å². The summed E-state index contributed by atoms with van der Waals surface area (Å²) in [6, 6.07) is 10.9. The minimum absolute atomic E-state index is 0.218. The van der Waals surface area contributed by atoms with E-state index in [2.05, 4.69) is 11.9 Å². The van der Waals surface area contributed by atoms with Gasteiger partial charge in [-0.1, -0.05) is 38.0 Å². The van der Waals surface area contributed by atoms with Gasteiger partial charge < -0.3 is 9.30 Å². The Morgan fingerprint density at radius 1 is 1.13 bits per heavy atom. The van der Waals surface area contributed by atoms with Crippen LogP contribution in [0.25, 0.3) is 11.0 Å².